The highest BCUT2D eigenvalue weighted by Gasteiger charge is 2.09. The van der Waals surface area contributed by atoms with E-state index in [1.54, 1.807) is 19.5 Å². The van der Waals surface area contributed by atoms with Crippen LogP contribution in [-0.2, 0) is 6.54 Å². The normalized spacial score (nSPS) is 10.2. The van der Waals surface area contributed by atoms with E-state index < -0.39 is 0 Å². The largest absolute Gasteiger partial charge is 0.497 e. The van der Waals surface area contributed by atoms with Gasteiger partial charge in [0.15, 0.2) is 0 Å². The first-order valence-corrected chi connectivity index (χ1v) is 7.79. The molecule has 5 heteroatoms. The van der Waals surface area contributed by atoms with Crippen molar-refractivity contribution in [3.63, 3.8) is 0 Å². The monoisotopic (exact) mass is 313 g/mol. The Bertz CT molecular complexity index is 637. The third-order valence-electron chi connectivity index (χ3n) is 3.73. The summed E-state index contributed by atoms with van der Waals surface area (Å²) in [6.07, 6.45) is 3.38. The lowest BCUT2D eigenvalue weighted by molar-refractivity contribution is 0.0950. The van der Waals surface area contributed by atoms with Crippen LogP contribution in [0.15, 0.2) is 42.7 Å². The fraction of sp³-hybridized carbons (Fsp3) is 0.333. The molecule has 1 aromatic heterocycles. The standard InChI is InChI=1S/C18H23N3O2/c1-4-21(5-2)16-10-15(12-19-13-16)18(22)20-11-14-6-8-17(23-3)9-7-14/h6-10,12-13H,4-5,11H2,1-3H3,(H,20,22). The van der Waals surface area contributed by atoms with E-state index in [2.05, 4.69) is 29.0 Å². The minimum absolute atomic E-state index is 0.123. The van der Waals surface area contributed by atoms with Crippen LogP contribution in [0.5, 0.6) is 5.75 Å². The van der Waals surface area contributed by atoms with Crippen molar-refractivity contribution in [2.24, 2.45) is 0 Å². The van der Waals surface area contributed by atoms with Gasteiger partial charge in [0.25, 0.3) is 5.91 Å². The van der Waals surface area contributed by atoms with Crippen LogP contribution in [0, 0.1) is 0 Å². The molecule has 0 aliphatic rings. The number of ether oxygens (including phenoxy) is 1. The molecule has 0 fully saturated rings. The van der Waals surface area contributed by atoms with Gasteiger partial charge in [-0.3, -0.25) is 9.78 Å². The van der Waals surface area contributed by atoms with Crippen LogP contribution in [0.2, 0.25) is 0 Å². The number of pyridine rings is 1. The molecule has 0 radical (unpaired) electrons. The van der Waals surface area contributed by atoms with Crippen molar-refractivity contribution in [2.75, 3.05) is 25.1 Å². The first-order chi connectivity index (χ1) is 11.2. The van der Waals surface area contributed by atoms with E-state index in [4.69, 9.17) is 4.74 Å². The SMILES string of the molecule is CCN(CC)c1cncc(C(=O)NCc2ccc(OC)cc2)c1. The average molecular weight is 313 g/mol. The van der Waals surface area contributed by atoms with Gasteiger partial charge >= 0.3 is 0 Å². The number of methoxy groups -OCH3 is 1. The van der Waals surface area contributed by atoms with E-state index in [0.29, 0.717) is 12.1 Å². The molecule has 1 amide bonds. The zero-order chi connectivity index (χ0) is 16.7. The Morgan fingerprint density at radius 3 is 2.48 bits per heavy atom. The summed E-state index contributed by atoms with van der Waals surface area (Å²) in [5, 5.41) is 2.92. The van der Waals surface area contributed by atoms with Crippen LogP contribution in [0.3, 0.4) is 0 Å². The van der Waals surface area contributed by atoms with Gasteiger partial charge in [0.05, 0.1) is 24.6 Å². The predicted molar refractivity (Wildman–Crippen MR) is 92.0 cm³/mol. The summed E-state index contributed by atoms with van der Waals surface area (Å²) in [5.74, 6) is 0.679. The Labute approximate surface area is 137 Å². The maximum atomic E-state index is 12.3. The lowest BCUT2D eigenvalue weighted by Crippen LogP contribution is -2.25. The number of hydrogen-bond acceptors (Lipinski definition) is 4. The van der Waals surface area contributed by atoms with E-state index in [1.165, 1.54) is 0 Å². The van der Waals surface area contributed by atoms with Crippen molar-refractivity contribution >= 4 is 11.6 Å². The highest BCUT2D eigenvalue weighted by Crippen LogP contribution is 2.15. The van der Waals surface area contributed by atoms with Gasteiger partial charge in [-0.15, -0.1) is 0 Å². The first kappa shape index (κ1) is 16.8. The Kier molecular flexibility index (Phi) is 5.97. The summed E-state index contributed by atoms with van der Waals surface area (Å²) in [4.78, 5) is 18.6. The second-order valence-electron chi connectivity index (χ2n) is 5.13. The number of nitrogens with one attached hydrogen (secondary N) is 1. The maximum absolute atomic E-state index is 12.3. The molecule has 5 nitrogen and oxygen atoms in total. The van der Waals surface area contributed by atoms with Gasteiger partial charge in [0, 0.05) is 25.8 Å². The third-order valence-corrected chi connectivity index (χ3v) is 3.73. The van der Waals surface area contributed by atoms with E-state index >= 15 is 0 Å². The Morgan fingerprint density at radius 2 is 1.87 bits per heavy atom. The van der Waals surface area contributed by atoms with E-state index in [9.17, 15) is 4.79 Å². The summed E-state index contributed by atoms with van der Waals surface area (Å²) >= 11 is 0. The number of hydrogen-bond donors (Lipinski definition) is 1. The fourth-order valence-electron chi connectivity index (χ4n) is 2.34. The average Bonchev–Trinajstić information content (AvgIpc) is 2.61. The second kappa shape index (κ2) is 8.17. The Hall–Kier alpha value is -2.56. The van der Waals surface area contributed by atoms with Crippen molar-refractivity contribution in [3.05, 3.63) is 53.9 Å². The molecule has 0 aliphatic carbocycles. The van der Waals surface area contributed by atoms with E-state index in [0.717, 1.165) is 30.1 Å². The fourth-order valence-corrected chi connectivity index (χ4v) is 2.34. The number of carbonyl (C=O) groups excluding carboxylic acids is 1. The predicted octanol–water partition coefficient (Wildman–Crippen LogP) is 2.87. The molecule has 1 heterocycles. The van der Waals surface area contributed by atoms with Gasteiger partial charge in [0.1, 0.15) is 5.75 Å². The number of nitrogens with zero attached hydrogens (tertiary/aromatic N) is 2. The topological polar surface area (TPSA) is 54.5 Å². The first-order valence-electron chi connectivity index (χ1n) is 7.79. The molecule has 1 aromatic carbocycles. The highest BCUT2D eigenvalue weighted by atomic mass is 16.5. The number of rotatable bonds is 7. The molecule has 23 heavy (non-hydrogen) atoms. The zero-order valence-corrected chi connectivity index (χ0v) is 13.9. The summed E-state index contributed by atoms with van der Waals surface area (Å²) in [5.41, 5.74) is 2.56. The van der Waals surface area contributed by atoms with Crippen molar-refractivity contribution in [2.45, 2.75) is 20.4 Å². The van der Waals surface area contributed by atoms with Crippen LogP contribution in [0.4, 0.5) is 5.69 Å². The van der Waals surface area contributed by atoms with Crippen LogP contribution in [0.1, 0.15) is 29.8 Å². The molecule has 2 rings (SSSR count). The Balaban J connectivity index is 2.01. The maximum Gasteiger partial charge on any atom is 0.253 e. The Morgan fingerprint density at radius 1 is 1.17 bits per heavy atom. The third kappa shape index (κ3) is 4.45. The molecule has 0 bridgehead atoms. The van der Waals surface area contributed by atoms with E-state index in [-0.39, 0.29) is 5.91 Å². The van der Waals surface area contributed by atoms with Crippen molar-refractivity contribution in [1.82, 2.24) is 10.3 Å². The zero-order valence-electron chi connectivity index (χ0n) is 13.9. The summed E-state index contributed by atoms with van der Waals surface area (Å²) in [6.45, 7) is 6.41. The van der Waals surface area contributed by atoms with Gasteiger partial charge in [-0.25, -0.2) is 0 Å². The van der Waals surface area contributed by atoms with Crippen molar-refractivity contribution in [3.8, 4) is 5.75 Å². The van der Waals surface area contributed by atoms with Crippen LogP contribution >= 0.6 is 0 Å². The molecule has 0 atom stereocenters. The molecule has 0 aliphatic heterocycles. The molecule has 0 saturated carbocycles. The van der Waals surface area contributed by atoms with Gasteiger partial charge in [-0.2, -0.15) is 0 Å². The minimum Gasteiger partial charge on any atom is -0.497 e. The lowest BCUT2D eigenvalue weighted by Gasteiger charge is -2.20. The van der Waals surface area contributed by atoms with Gasteiger partial charge in [-0.1, -0.05) is 12.1 Å². The summed E-state index contributed by atoms with van der Waals surface area (Å²) in [6, 6.07) is 9.50. The molecular weight excluding hydrogens is 290 g/mol. The smallest absolute Gasteiger partial charge is 0.253 e. The number of benzene rings is 1. The number of aromatic nitrogens is 1. The lowest BCUT2D eigenvalue weighted by atomic mass is 10.2. The minimum atomic E-state index is -0.123. The number of amides is 1. The van der Waals surface area contributed by atoms with Crippen LogP contribution < -0.4 is 15.0 Å². The molecule has 0 unspecified atom stereocenters. The number of anilines is 1. The van der Waals surface area contributed by atoms with Gasteiger partial charge in [-0.05, 0) is 37.6 Å². The quantitative estimate of drug-likeness (QED) is 0.854. The van der Waals surface area contributed by atoms with Crippen molar-refractivity contribution in [1.29, 1.82) is 0 Å². The van der Waals surface area contributed by atoms with Crippen molar-refractivity contribution < 1.29 is 9.53 Å². The molecule has 0 saturated heterocycles. The van der Waals surface area contributed by atoms with Gasteiger partial charge < -0.3 is 15.0 Å². The summed E-state index contributed by atoms with van der Waals surface area (Å²) < 4.78 is 5.12. The van der Waals surface area contributed by atoms with Crippen LogP contribution in [-0.4, -0.2) is 31.1 Å². The van der Waals surface area contributed by atoms with Gasteiger partial charge in [0.2, 0.25) is 0 Å². The molecule has 2 aromatic rings. The molecule has 1 N–H and O–H groups in total. The summed E-state index contributed by atoms with van der Waals surface area (Å²) in [7, 11) is 1.63. The number of carbonyl (C=O) groups is 1. The highest BCUT2D eigenvalue weighted by molar-refractivity contribution is 5.94. The molecular formula is C18H23N3O2. The van der Waals surface area contributed by atoms with E-state index in [1.807, 2.05) is 30.3 Å². The molecule has 122 valence electrons. The van der Waals surface area contributed by atoms with Crippen LogP contribution in [0.25, 0.3) is 0 Å². The second-order valence-corrected chi connectivity index (χ2v) is 5.13. The molecule has 0 spiro atoms.